The number of nitrogens with one attached hydrogen (secondary N) is 2. The van der Waals surface area contributed by atoms with Gasteiger partial charge in [0.05, 0.1) is 11.4 Å². The number of hydrazine groups is 1. The Morgan fingerprint density at radius 2 is 1.96 bits per heavy atom. The van der Waals surface area contributed by atoms with E-state index in [1.807, 2.05) is 13.8 Å². The second-order valence-corrected chi connectivity index (χ2v) is 7.22. The number of hydrogen-bond acceptors (Lipinski definition) is 4. The normalized spacial score (nSPS) is 11.9. The molecule has 23 heavy (non-hydrogen) atoms. The SMILES string of the molecule is Cc1nn(C(C)C)c(C)c1S(=O)(=O)NNC(=O)c1cccn1C. The van der Waals surface area contributed by atoms with E-state index in [1.54, 1.807) is 48.5 Å². The Balaban J connectivity index is 2.23. The number of carbonyl (C=O) groups is 1. The molecule has 0 aliphatic carbocycles. The van der Waals surface area contributed by atoms with E-state index < -0.39 is 15.9 Å². The molecule has 0 unspecified atom stereocenters. The molecule has 2 rings (SSSR count). The van der Waals surface area contributed by atoms with Crippen molar-refractivity contribution < 1.29 is 13.2 Å². The van der Waals surface area contributed by atoms with Crippen molar-refractivity contribution in [3.8, 4) is 0 Å². The quantitative estimate of drug-likeness (QED) is 0.795. The summed E-state index contributed by atoms with van der Waals surface area (Å²) in [6, 6.07) is 3.33. The molecular weight excluding hydrogens is 318 g/mol. The lowest BCUT2D eigenvalue weighted by atomic mass is 10.3. The maximum atomic E-state index is 12.5. The highest BCUT2D eigenvalue weighted by atomic mass is 32.2. The molecule has 0 spiro atoms. The summed E-state index contributed by atoms with van der Waals surface area (Å²) >= 11 is 0. The Morgan fingerprint density at radius 1 is 1.30 bits per heavy atom. The van der Waals surface area contributed by atoms with E-state index in [1.165, 1.54) is 0 Å². The van der Waals surface area contributed by atoms with Gasteiger partial charge in [0.1, 0.15) is 10.6 Å². The van der Waals surface area contributed by atoms with E-state index >= 15 is 0 Å². The Kier molecular flexibility index (Phi) is 4.62. The van der Waals surface area contributed by atoms with Crippen molar-refractivity contribution in [2.75, 3.05) is 0 Å². The summed E-state index contributed by atoms with van der Waals surface area (Å²) in [5.41, 5.74) is 3.48. The molecule has 9 heteroatoms. The summed E-state index contributed by atoms with van der Waals surface area (Å²) in [7, 11) is -2.21. The van der Waals surface area contributed by atoms with Gasteiger partial charge in [-0.05, 0) is 39.8 Å². The molecule has 0 atom stereocenters. The lowest BCUT2D eigenvalue weighted by Crippen LogP contribution is -2.42. The average molecular weight is 339 g/mol. The van der Waals surface area contributed by atoms with Gasteiger partial charge in [0.25, 0.3) is 15.9 Å². The zero-order valence-electron chi connectivity index (χ0n) is 13.8. The van der Waals surface area contributed by atoms with Gasteiger partial charge in [0, 0.05) is 19.3 Å². The smallest absolute Gasteiger partial charge is 0.282 e. The predicted octanol–water partition coefficient (Wildman–Crippen LogP) is 1.04. The zero-order chi connectivity index (χ0) is 17.4. The Morgan fingerprint density at radius 3 is 2.43 bits per heavy atom. The van der Waals surface area contributed by atoms with Crippen LogP contribution in [-0.4, -0.2) is 28.7 Å². The Bertz CT molecular complexity index is 833. The number of rotatable bonds is 5. The number of carbonyl (C=O) groups excluding carboxylic acids is 1. The molecule has 2 N–H and O–H groups in total. The highest BCUT2D eigenvalue weighted by Crippen LogP contribution is 2.21. The summed E-state index contributed by atoms with van der Waals surface area (Å²) in [6.07, 6.45) is 1.70. The van der Waals surface area contributed by atoms with Gasteiger partial charge in [-0.15, -0.1) is 4.83 Å². The largest absolute Gasteiger partial charge is 0.347 e. The van der Waals surface area contributed by atoms with Crippen LogP contribution in [0.4, 0.5) is 0 Å². The van der Waals surface area contributed by atoms with Crippen molar-refractivity contribution in [1.82, 2.24) is 24.6 Å². The van der Waals surface area contributed by atoms with Crippen LogP contribution < -0.4 is 10.3 Å². The Hall–Kier alpha value is -2.13. The van der Waals surface area contributed by atoms with Gasteiger partial charge in [-0.3, -0.25) is 14.9 Å². The van der Waals surface area contributed by atoms with E-state index in [4.69, 9.17) is 0 Å². The van der Waals surface area contributed by atoms with Crippen LogP contribution in [0.3, 0.4) is 0 Å². The highest BCUT2D eigenvalue weighted by molar-refractivity contribution is 7.89. The first kappa shape index (κ1) is 17.2. The molecule has 126 valence electrons. The molecule has 0 fully saturated rings. The molecule has 2 heterocycles. The van der Waals surface area contributed by atoms with Gasteiger partial charge in [-0.25, -0.2) is 8.42 Å². The van der Waals surface area contributed by atoms with Crippen molar-refractivity contribution >= 4 is 15.9 Å². The minimum Gasteiger partial charge on any atom is -0.347 e. The summed E-state index contributed by atoms with van der Waals surface area (Å²) in [5.74, 6) is -0.535. The molecule has 0 saturated heterocycles. The summed E-state index contributed by atoms with van der Waals surface area (Å²) < 4.78 is 28.2. The van der Waals surface area contributed by atoms with Crippen LogP contribution in [0.25, 0.3) is 0 Å². The first-order chi connectivity index (χ1) is 10.6. The summed E-state index contributed by atoms with van der Waals surface area (Å²) in [5, 5.41) is 4.25. The fourth-order valence-corrected chi connectivity index (χ4v) is 3.71. The molecule has 0 saturated carbocycles. The molecule has 2 aromatic heterocycles. The number of hydrogen-bond donors (Lipinski definition) is 2. The summed E-state index contributed by atoms with van der Waals surface area (Å²) in [6.45, 7) is 7.15. The molecule has 0 radical (unpaired) electrons. The highest BCUT2D eigenvalue weighted by Gasteiger charge is 2.26. The van der Waals surface area contributed by atoms with E-state index in [0.29, 0.717) is 17.1 Å². The van der Waals surface area contributed by atoms with Crippen molar-refractivity contribution in [2.24, 2.45) is 7.05 Å². The van der Waals surface area contributed by atoms with Gasteiger partial charge in [-0.2, -0.15) is 5.10 Å². The third-order valence-electron chi connectivity index (χ3n) is 3.49. The van der Waals surface area contributed by atoms with Gasteiger partial charge in [0.2, 0.25) is 0 Å². The van der Waals surface area contributed by atoms with E-state index in [2.05, 4.69) is 15.4 Å². The van der Waals surface area contributed by atoms with Crippen LogP contribution in [0, 0.1) is 13.8 Å². The fraction of sp³-hybridized carbons (Fsp3) is 0.429. The van der Waals surface area contributed by atoms with Crippen LogP contribution in [0.15, 0.2) is 23.2 Å². The number of aryl methyl sites for hydroxylation is 2. The minimum atomic E-state index is -3.91. The van der Waals surface area contributed by atoms with E-state index in [9.17, 15) is 13.2 Å². The monoisotopic (exact) mass is 339 g/mol. The summed E-state index contributed by atoms with van der Waals surface area (Å²) in [4.78, 5) is 14.2. The van der Waals surface area contributed by atoms with Gasteiger partial charge in [0.15, 0.2) is 0 Å². The lowest BCUT2D eigenvalue weighted by Gasteiger charge is -2.11. The van der Waals surface area contributed by atoms with Crippen molar-refractivity contribution in [3.63, 3.8) is 0 Å². The van der Waals surface area contributed by atoms with Crippen LogP contribution in [0.5, 0.6) is 0 Å². The molecule has 0 bridgehead atoms. The Labute approximate surface area is 135 Å². The van der Waals surface area contributed by atoms with E-state index in [0.717, 1.165) is 0 Å². The number of amides is 1. The van der Waals surface area contributed by atoms with Crippen LogP contribution in [-0.2, 0) is 17.1 Å². The third-order valence-corrected chi connectivity index (χ3v) is 4.99. The maximum absolute atomic E-state index is 12.5. The van der Waals surface area contributed by atoms with Crippen LogP contribution >= 0.6 is 0 Å². The minimum absolute atomic E-state index is 0.0376. The molecule has 0 aromatic carbocycles. The van der Waals surface area contributed by atoms with Gasteiger partial charge in [-0.1, -0.05) is 0 Å². The van der Waals surface area contributed by atoms with E-state index in [-0.39, 0.29) is 10.9 Å². The van der Waals surface area contributed by atoms with Crippen molar-refractivity contribution in [3.05, 3.63) is 35.4 Å². The standard InChI is InChI=1S/C14H21N5O3S/c1-9(2)19-11(4)13(10(3)16-19)23(21,22)17-15-14(20)12-7-6-8-18(12)5/h6-9,17H,1-5H3,(H,15,20). The van der Waals surface area contributed by atoms with Crippen molar-refractivity contribution in [1.29, 1.82) is 0 Å². The first-order valence-electron chi connectivity index (χ1n) is 7.14. The fourth-order valence-electron chi connectivity index (χ4n) is 2.47. The topological polar surface area (TPSA) is 98.0 Å². The molecule has 8 nitrogen and oxygen atoms in total. The second kappa shape index (κ2) is 6.17. The molecule has 0 aliphatic rings. The third kappa shape index (κ3) is 3.30. The first-order valence-corrected chi connectivity index (χ1v) is 8.62. The second-order valence-electron chi connectivity index (χ2n) is 5.60. The van der Waals surface area contributed by atoms with Crippen LogP contribution in [0.2, 0.25) is 0 Å². The predicted molar refractivity (Wildman–Crippen MR) is 85.3 cm³/mol. The average Bonchev–Trinajstić information content (AvgIpc) is 3.00. The van der Waals surface area contributed by atoms with Crippen molar-refractivity contribution in [2.45, 2.75) is 38.6 Å². The molecular formula is C14H21N5O3S. The van der Waals surface area contributed by atoms with Gasteiger partial charge >= 0.3 is 0 Å². The molecule has 2 aromatic rings. The number of aromatic nitrogens is 3. The lowest BCUT2D eigenvalue weighted by molar-refractivity contribution is 0.0937. The number of nitrogens with zero attached hydrogens (tertiary/aromatic N) is 3. The van der Waals surface area contributed by atoms with Gasteiger partial charge < -0.3 is 4.57 Å². The molecule has 1 amide bonds. The van der Waals surface area contributed by atoms with Crippen LogP contribution in [0.1, 0.15) is 41.8 Å². The zero-order valence-corrected chi connectivity index (χ0v) is 14.6. The number of sulfonamides is 1. The maximum Gasteiger partial charge on any atom is 0.282 e. The molecule has 0 aliphatic heterocycles.